The van der Waals surface area contributed by atoms with Crippen molar-refractivity contribution < 1.29 is 4.79 Å². The highest BCUT2D eigenvalue weighted by Gasteiger charge is 2.33. The van der Waals surface area contributed by atoms with Crippen molar-refractivity contribution in [2.75, 3.05) is 6.54 Å². The maximum atomic E-state index is 10.5. The number of carbonyl (C=O) groups excluding carboxylic acids is 1. The molecule has 0 aromatic rings. The summed E-state index contributed by atoms with van der Waals surface area (Å²) < 4.78 is 0. The Morgan fingerprint density at radius 3 is 2.58 bits per heavy atom. The highest BCUT2D eigenvalue weighted by Crippen LogP contribution is 2.34. The van der Waals surface area contributed by atoms with Crippen LogP contribution in [0, 0.1) is 0 Å². The van der Waals surface area contributed by atoms with E-state index in [4.69, 9.17) is 5.73 Å². The van der Waals surface area contributed by atoms with Crippen molar-refractivity contribution in [1.29, 1.82) is 0 Å². The molecule has 0 radical (unpaired) electrons. The molecule has 0 aromatic carbocycles. The second-order valence-corrected chi connectivity index (χ2v) is 3.63. The van der Waals surface area contributed by atoms with Crippen molar-refractivity contribution >= 4 is 5.91 Å². The summed E-state index contributed by atoms with van der Waals surface area (Å²) in [5.74, 6) is -0.215. The number of carbonyl (C=O) groups is 1. The van der Waals surface area contributed by atoms with Crippen LogP contribution in [0.15, 0.2) is 0 Å². The average molecular weight is 170 g/mol. The molecule has 70 valence electrons. The first-order valence-corrected chi connectivity index (χ1v) is 4.72. The third kappa shape index (κ3) is 2.21. The van der Waals surface area contributed by atoms with E-state index in [1.807, 2.05) is 0 Å². The fourth-order valence-electron chi connectivity index (χ4n) is 1.71. The van der Waals surface area contributed by atoms with Gasteiger partial charge in [-0.1, -0.05) is 6.92 Å². The van der Waals surface area contributed by atoms with Gasteiger partial charge in [-0.3, -0.25) is 4.79 Å². The van der Waals surface area contributed by atoms with E-state index in [0.717, 1.165) is 13.0 Å². The maximum Gasteiger partial charge on any atom is 0.218 e. The van der Waals surface area contributed by atoms with Gasteiger partial charge in [0.15, 0.2) is 0 Å². The SMILES string of the molecule is CCC1(NCCC(N)=O)CCC1. The van der Waals surface area contributed by atoms with Crippen molar-refractivity contribution in [3.8, 4) is 0 Å². The molecule has 0 unspecified atom stereocenters. The number of nitrogens with one attached hydrogen (secondary N) is 1. The molecule has 12 heavy (non-hydrogen) atoms. The standard InChI is InChI=1S/C9H18N2O/c1-2-9(5-3-6-9)11-7-4-8(10)12/h11H,2-7H2,1H3,(H2,10,12). The summed E-state index contributed by atoms with van der Waals surface area (Å²) in [6, 6.07) is 0. The zero-order valence-electron chi connectivity index (χ0n) is 7.73. The van der Waals surface area contributed by atoms with E-state index in [-0.39, 0.29) is 5.91 Å². The van der Waals surface area contributed by atoms with Gasteiger partial charge in [0.25, 0.3) is 0 Å². The Bertz CT molecular complexity index is 158. The van der Waals surface area contributed by atoms with E-state index in [1.54, 1.807) is 0 Å². The van der Waals surface area contributed by atoms with E-state index in [1.165, 1.54) is 19.3 Å². The van der Waals surface area contributed by atoms with Crippen LogP contribution in [0.25, 0.3) is 0 Å². The van der Waals surface area contributed by atoms with E-state index in [9.17, 15) is 4.79 Å². The number of rotatable bonds is 5. The van der Waals surface area contributed by atoms with Crippen LogP contribution in [0.4, 0.5) is 0 Å². The lowest BCUT2D eigenvalue weighted by Gasteiger charge is -2.42. The van der Waals surface area contributed by atoms with Crippen molar-refractivity contribution in [3.63, 3.8) is 0 Å². The van der Waals surface area contributed by atoms with Crippen LogP contribution >= 0.6 is 0 Å². The smallest absolute Gasteiger partial charge is 0.218 e. The van der Waals surface area contributed by atoms with Gasteiger partial charge in [0.05, 0.1) is 0 Å². The first-order valence-electron chi connectivity index (χ1n) is 4.72. The van der Waals surface area contributed by atoms with Gasteiger partial charge in [-0.25, -0.2) is 0 Å². The van der Waals surface area contributed by atoms with Gasteiger partial charge in [-0.05, 0) is 25.7 Å². The first-order chi connectivity index (χ1) is 5.68. The van der Waals surface area contributed by atoms with E-state index < -0.39 is 0 Å². The molecular weight excluding hydrogens is 152 g/mol. The summed E-state index contributed by atoms with van der Waals surface area (Å²) in [6.45, 7) is 2.93. The van der Waals surface area contributed by atoms with Gasteiger partial charge in [-0.15, -0.1) is 0 Å². The van der Waals surface area contributed by atoms with E-state index in [0.29, 0.717) is 12.0 Å². The molecule has 1 saturated carbocycles. The van der Waals surface area contributed by atoms with Crippen LogP contribution in [-0.4, -0.2) is 18.0 Å². The normalized spacial score (nSPS) is 20.1. The molecule has 1 aliphatic carbocycles. The lowest BCUT2D eigenvalue weighted by atomic mass is 9.75. The van der Waals surface area contributed by atoms with Crippen LogP contribution in [0.5, 0.6) is 0 Å². The van der Waals surface area contributed by atoms with Crippen LogP contribution in [0.3, 0.4) is 0 Å². The number of nitrogens with two attached hydrogens (primary N) is 1. The summed E-state index contributed by atoms with van der Waals surface area (Å²) >= 11 is 0. The first kappa shape index (κ1) is 9.52. The Kier molecular flexibility index (Phi) is 3.09. The maximum absolute atomic E-state index is 10.5. The molecule has 1 fully saturated rings. The molecular formula is C9H18N2O. The molecule has 0 aliphatic heterocycles. The van der Waals surface area contributed by atoms with Crippen LogP contribution in [0.2, 0.25) is 0 Å². The summed E-state index contributed by atoms with van der Waals surface area (Å²) in [7, 11) is 0. The molecule has 0 saturated heterocycles. The zero-order valence-corrected chi connectivity index (χ0v) is 7.73. The summed E-state index contributed by atoms with van der Waals surface area (Å²) in [6.07, 6.45) is 5.44. The molecule has 3 heteroatoms. The highest BCUT2D eigenvalue weighted by atomic mass is 16.1. The molecule has 1 aliphatic rings. The molecule has 3 N–H and O–H groups in total. The lowest BCUT2D eigenvalue weighted by Crippen LogP contribution is -2.51. The summed E-state index contributed by atoms with van der Waals surface area (Å²) in [5, 5.41) is 3.41. The number of hydrogen-bond donors (Lipinski definition) is 2. The molecule has 1 amide bonds. The second-order valence-electron chi connectivity index (χ2n) is 3.63. The number of primary amides is 1. The number of hydrogen-bond acceptors (Lipinski definition) is 2. The Hall–Kier alpha value is -0.570. The van der Waals surface area contributed by atoms with E-state index >= 15 is 0 Å². The molecule has 0 aromatic heterocycles. The predicted octanol–water partition coefficient (Wildman–Crippen LogP) is 0.784. The zero-order chi connectivity index (χ0) is 9.03. The quantitative estimate of drug-likeness (QED) is 0.640. The molecule has 0 bridgehead atoms. The van der Waals surface area contributed by atoms with Crippen LogP contribution < -0.4 is 11.1 Å². The minimum absolute atomic E-state index is 0.215. The Morgan fingerprint density at radius 1 is 1.58 bits per heavy atom. The summed E-state index contributed by atoms with van der Waals surface area (Å²) in [4.78, 5) is 10.5. The molecule has 0 atom stereocenters. The predicted molar refractivity (Wildman–Crippen MR) is 48.7 cm³/mol. The van der Waals surface area contributed by atoms with Gasteiger partial charge < -0.3 is 11.1 Å². The Labute approximate surface area is 73.7 Å². The third-order valence-corrected chi connectivity index (χ3v) is 2.86. The molecule has 0 spiro atoms. The van der Waals surface area contributed by atoms with Crippen molar-refractivity contribution in [2.24, 2.45) is 5.73 Å². The van der Waals surface area contributed by atoms with Crippen molar-refractivity contribution in [1.82, 2.24) is 5.32 Å². The van der Waals surface area contributed by atoms with Gasteiger partial charge in [0, 0.05) is 18.5 Å². The largest absolute Gasteiger partial charge is 0.370 e. The topological polar surface area (TPSA) is 55.1 Å². The highest BCUT2D eigenvalue weighted by molar-refractivity contribution is 5.73. The average Bonchev–Trinajstić information content (AvgIpc) is 1.94. The van der Waals surface area contributed by atoms with Crippen molar-refractivity contribution in [2.45, 2.75) is 44.6 Å². The molecule has 0 heterocycles. The Balaban J connectivity index is 2.16. The minimum atomic E-state index is -0.215. The lowest BCUT2D eigenvalue weighted by molar-refractivity contribution is -0.118. The van der Waals surface area contributed by atoms with Gasteiger partial charge in [0.1, 0.15) is 0 Å². The van der Waals surface area contributed by atoms with Gasteiger partial charge in [0.2, 0.25) is 5.91 Å². The third-order valence-electron chi connectivity index (χ3n) is 2.86. The summed E-state index contributed by atoms with van der Waals surface area (Å²) in [5.41, 5.74) is 5.39. The van der Waals surface area contributed by atoms with Crippen LogP contribution in [0.1, 0.15) is 39.0 Å². The second kappa shape index (κ2) is 3.90. The fourth-order valence-corrected chi connectivity index (χ4v) is 1.71. The van der Waals surface area contributed by atoms with Gasteiger partial charge >= 0.3 is 0 Å². The fraction of sp³-hybridized carbons (Fsp3) is 0.889. The van der Waals surface area contributed by atoms with Crippen LogP contribution in [-0.2, 0) is 4.79 Å². The number of amides is 1. The Morgan fingerprint density at radius 2 is 2.25 bits per heavy atom. The molecule has 1 rings (SSSR count). The van der Waals surface area contributed by atoms with Gasteiger partial charge in [-0.2, -0.15) is 0 Å². The molecule has 3 nitrogen and oxygen atoms in total. The van der Waals surface area contributed by atoms with E-state index in [2.05, 4.69) is 12.2 Å². The monoisotopic (exact) mass is 170 g/mol. The van der Waals surface area contributed by atoms with Crippen molar-refractivity contribution in [3.05, 3.63) is 0 Å². The minimum Gasteiger partial charge on any atom is -0.370 e.